The number of aryl methyl sites for hydroxylation is 2. The number of hydrogen-bond acceptors (Lipinski definition) is 2. The lowest BCUT2D eigenvalue weighted by Crippen LogP contribution is -2.46. The van der Waals surface area contributed by atoms with Gasteiger partial charge in [-0.05, 0) is 61.3 Å². The number of aliphatic hydroxyl groups excluding tert-OH is 1. The molecule has 1 aliphatic heterocycles. The normalized spacial score (nSPS) is 19.9. The molecule has 4 nitrogen and oxygen atoms in total. The standard InChI is InChI=1S/C17H21F3N2O2/c18-17(19,20)15(23)12-6-8-22(9-7-12)16(24)21-14-5-4-11-2-1-3-13(11)10-14/h4-5,10,12,15,23H,1-3,6-9H2,(H,21,24)/t15-/m0/s1. The highest BCUT2D eigenvalue weighted by Gasteiger charge is 2.44. The van der Waals surface area contributed by atoms with Gasteiger partial charge in [-0.2, -0.15) is 13.2 Å². The van der Waals surface area contributed by atoms with Crippen LogP contribution in [0.25, 0.3) is 0 Å². The summed E-state index contributed by atoms with van der Waals surface area (Å²) in [7, 11) is 0. The van der Waals surface area contributed by atoms with Crippen LogP contribution in [0.1, 0.15) is 30.4 Å². The molecule has 1 aromatic rings. The second-order valence-corrected chi connectivity index (χ2v) is 6.58. The number of aliphatic hydroxyl groups is 1. The first-order valence-electron chi connectivity index (χ1n) is 8.27. The van der Waals surface area contributed by atoms with Crippen LogP contribution >= 0.6 is 0 Å². The van der Waals surface area contributed by atoms with Crippen molar-refractivity contribution in [1.29, 1.82) is 0 Å². The van der Waals surface area contributed by atoms with Gasteiger partial charge in [-0.1, -0.05) is 6.07 Å². The Bertz CT molecular complexity index is 610. The molecular weight excluding hydrogens is 321 g/mol. The first-order chi connectivity index (χ1) is 11.3. The number of carbonyl (C=O) groups excluding carboxylic acids is 1. The lowest BCUT2D eigenvalue weighted by molar-refractivity contribution is -0.222. The molecule has 1 atom stereocenters. The summed E-state index contributed by atoms with van der Waals surface area (Å²) in [6.45, 7) is 0.434. The number of hydrogen-bond donors (Lipinski definition) is 2. The number of halogens is 3. The topological polar surface area (TPSA) is 52.6 Å². The van der Waals surface area contributed by atoms with E-state index in [0.717, 1.165) is 24.9 Å². The van der Waals surface area contributed by atoms with Crippen molar-refractivity contribution >= 4 is 11.7 Å². The number of likely N-dealkylation sites (tertiary alicyclic amines) is 1. The summed E-state index contributed by atoms with van der Waals surface area (Å²) in [5.74, 6) is -0.839. The van der Waals surface area contributed by atoms with E-state index in [0.29, 0.717) is 0 Å². The van der Waals surface area contributed by atoms with E-state index in [2.05, 4.69) is 5.32 Å². The predicted octanol–water partition coefficient (Wildman–Crippen LogP) is 3.34. The van der Waals surface area contributed by atoms with Crippen LogP contribution in [0, 0.1) is 5.92 Å². The molecule has 1 saturated heterocycles. The molecule has 7 heteroatoms. The van der Waals surface area contributed by atoms with Crippen molar-refractivity contribution < 1.29 is 23.1 Å². The average Bonchev–Trinajstić information content (AvgIpc) is 3.01. The monoisotopic (exact) mass is 342 g/mol. The lowest BCUT2D eigenvalue weighted by atomic mass is 9.91. The van der Waals surface area contributed by atoms with E-state index < -0.39 is 18.2 Å². The highest BCUT2D eigenvalue weighted by Crippen LogP contribution is 2.32. The van der Waals surface area contributed by atoms with E-state index in [1.165, 1.54) is 16.0 Å². The molecule has 3 rings (SSSR count). The Labute approximate surface area is 138 Å². The smallest absolute Gasteiger partial charge is 0.383 e. The molecule has 0 saturated carbocycles. The van der Waals surface area contributed by atoms with Gasteiger partial charge in [0.15, 0.2) is 6.10 Å². The molecule has 0 unspecified atom stereocenters. The largest absolute Gasteiger partial charge is 0.414 e. The van der Waals surface area contributed by atoms with E-state index in [-0.39, 0.29) is 32.0 Å². The Morgan fingerprint density at radius 3 is 2.54 bits per heavy atom. The SMILES string of the molecule is O=C(Nc1ccc2c(c1)CCC2)N1CCC([C@H](O)C(F)(F)F)CC1. The molecule has 0 radical (unpaired) electrons. The molecule has 24 heavy (non-hydrogen) atoms. The van der Waals surface area contributed by atoms with Gasteiger partial charge in [0.05, 0.1) is 0 Å². The maximum Gasteiger partial charge on any atom is 0.414 e. The minimum absolute atomic E-state index is 0.151. The summed E-state index contributed by atoms with van der Waals surface area (Å²) >= 11 is 0. The van der Waals surface area contributed by atoms with Crippen molar-refractivity contribution in [1.82, 2.24) is 4.90 Å². The average molecular weight is 342 g/mol. The van der Waals surface area contributed by atoms with Crippen molar-refractivity contribution in [2.75, 3.05) is 18.4 Å². The van der Waals surface area contributed by atoms with Gasteiger partial charge in [0.1, 0.15) is 0 Å². The van der Waals surface area contributed by atoms with Crippen molar-refractivity contribution in [2.45, 2.75) is 44.4 Å². The molecule has 2 aliphatic rings. The van der Waals surface area contributed by atoms with Crippen LogP contribution in [0.3, 0.4) is 0 Å². The fraction of sp³-hybridized carbons (Fsp3) is 0.588. The van der Waals surface area contributed by atoms with Gasteiger partial charge in [0, 0.05) is 18.8 Å². The third-order valence-electron chi connectivity index (χ3n) is 4.96. The highest BCUT2D eigenvalue weighted by atomic mass is 19.4. The van der Waals surface area contributed by atoms with Crippen molar-refractivity contribution in [3.05, 3.63) is 29.3 Å². The zero-order valence-corrected chi connectivity index (χ0v) is 13.3. The first kappa shape index (κ1) is 17.1. The number of benzene rings is 1. The number of anilines is 1. The molecule has 1 aromatic carbocycles. The molecule has 0 aromatic heterocycles. The lowest BCUT2D eigenvalue weighted by Gasteiger charge is -2.34. The van der Waals surface area contributed by atoms with E-state index in [1.54, 1.807) is 0 Å². The van der Waals surface area contributed by atoms with Crippen LogP contribution in [0.2, 0.25) is 0 Å². The number of fused-ring (bicyclic) bond motifs is 1. The fourth-order valence-corrected chi connectivity index (χ4v) is 3.54. The molecule has 0 bridgehead atoms. The van der Waals surface area contributed by atoms with Crippen LogP contribution in [0.4, 0.5) is 23.7 Å². The van der Waals surface area contributed by atoms with Gasteiger partial charge in [0.2, 0.25) is 0 Å². The minimum atomic E-state index is -4.60. The Hall–Kier alpha value is -1.76. The number of urea groups is 1. The van der Waals surface area contributed by atoms with E-state index in [4.69, 9.17) is 0 Å². The number of nitrogens with zero attached hydrogens (tertiary/aromatic N) is 1. The number of carbonyl (C=O) groups is 1. The summed E-state index contributed by atoms with van der Waals surface area (Å²) in [4.78, 5) is 13.8. The fourth-order valence-electron chi connectivity index (χ4n) is 3.54. The molecule has 1 heterocycles. The summed E-state index contributed by atoms with van der Waals surface area (Å²) in [6.07, 6.45) is -3.39. The highest BCUT2D eigenvalue weighted by molar-refractivity contribution is 5.89. The zero-order valence-electron chi connectivity index (χ0n) is 13.3. The number of alkyl halides is 3. The van der Waals surface area contributed by atoms with Gasteiger partial charge < -0.3 is 15.3 Å². The van der Waals surface area contributed by atoms with Crippen LogP contribution in [-0.4, -0.2) is 41.4 Å². The van der Waals surface area contributed by atoms with Crippen LogP contribution in [-0.2, 0) is 12.8 Å². The molecule has 0 spiro atoms. The molecule has 1 aliphatic carbocycles. The Morgan fingerprint density at radius 2 is 1.88 bits per heavy atom. The van der Waals surface area contributed by atoms with E-state index in [9.17, 15) is 23.1 Å². The third kappa shape index (κ3) is 3.66. The number of piperidine rings is 1. The summed E-state index contributed by atoms with van der Waals surface area (Å²) in [5.41, 5.74) is 3.29. The number of rotatable bonds is 2. The van der Waals surface area contributed by atoms with Gasteiger partial charge in [-0.3, -0.25) is 0 Å². The Balaban J connectivity index is 1.54. The summed E-state index contributed by atoms with van der Waals surface area (Å²) < 4.78 is 37.6. The van der Waals surface area contributed by atoms with E-state index >= 15 is 0 Å². The van der Waals surface area contributed by atoms with Crippen molar-refractivity contribution in [3.63, 3.8) is 0 Å². The van der Waals surface area contributed by atoms with Crippen LogP contribution in [0.5, 0.6) is 0 Å². The molecule has 132 valence electrons. The van der Waals surface area contributed by atoms with Gasteiger partial charge in [-0.25, -0.2) is 4.79 Å². The number of nitrogens with one attached hydrogen (secondary N) is 1. The van der Waals surface area contributed by atoms with Gasteiger partial charge in [0.25, 0.3) is 0 Å². The molecule has 1 fully saturated rings. The maximum absolute atomic E-state index is 12.5. The molecule has 2 amide bonds. The predicted molar refractivity (Wildman–Crippen MR) is 83.8 cm³/mol. The van der Waals surface area contributed by atoms with Gasteiger partial charge in [-0.15, -0.1) is 0 Å². The quantitative estimate of drug-likeness (QED) is 0.866. The van der Waals surface area contributed by atoms with E-state index in [1.807, 2.05) is 18.2 Å². The summed E-state index contributed by atoms with van der Waals surface area (Å²) in [6, 6.07) is 5.56. The van der Waals surface area contributed by atoms with Crippen molar-refractivity contribution in [2.24, 2.45) is 5.92 Å². The minimum Gasteiger partial charge on any atom is -0.383 e. The van der Waals surface area contributed by atoms with Gasteiger partial charge >= 0.3 is 12.2 Å². The number of amides is 2. The first-order valence-corrected chi connectivity index (χ1v) is 8.27. The van der Waals surface area contributed by atoms with Crippen LogP contribution < -0.4 is 5.32 Å². The summed E-state index contributed by atoms with van der Waals surface area (Å²) in [5, 5.41) is 12.1. The Kier molecular flexibility index (Phi) is 4.71. The third-order valence-corrected chi connectivity index (χ3v) is 4.96. The zero-order chi connectivity index (χ0) is 17.3. The molecule has 2 N–H and O–H groups in total. The molecular formula is C17H21F3N2O2. The van der Waals surface area contributed by atoms with Crippen LogP contribution in [0.15, 0.2) is 18.2 Å². The van der Waals surface area contributed by atoms with Crippen molar-refractivity contribution in [3.8, 4) is 0 Å². The maximum atomic E-state index is 12.5. The second kappa shape index (κ2) is 6.63. The Morgan fingerprint density at radius 1 is 1.21 bits per heavy atom. The second-order valence-electron chi connectivity index (χ2n) is 6.58.